The first-order chi connectivity index (χ1) is 8.15. The molecule has 2 heterocycles. The molecule has 5 nitrogen and oxygen atoms in total. The highest BCUT2D eigenvalue weighted by molar-refractivity contribution is 6.03. The maximum absolute atomic E-state index is 12.2. The molecule has 1 atom stereocenters. The monoisotopic (exact) mass is 236 g/mol. The predicted octanol–water partition coefficient (Wildman–Crippen LogP) is 0.781. The van der Waals surface area contributed by atoms with Gasteiger partial charge in [-0.15, -0.1) is 0 Å². The van der Waals surface area contributed by atoms with E-state index in [0.717, 1.165) is 0 Å². The SMILES string of the molecule is CCOc1cncc(C(=O)C2(N)CCOC2)c1. The number of rotatable bonds is 4. The van der Waals surface area contributed by atoms with Crippen LogP contribution < -0.4 is 10.5 Å². The summed E-state index contributed by atoms with van der Waals surface area (Å²) in [6, 6.07) is 1.67. The number of ketones is 1. The molecule has 0 radical (unpaired) electrons. The molecule has 1 aliphatic rings. The number of nitrogens with zero attached hydrogens (tertiary/aromatic N) is 1. The van der Waals surface area contributed by atoms with Crippen LogP contribution in [-0.4, -0.2) is 36.1 Å². The first kappa shape index (κ1) is 12.0. The van der Waals surface area contributed by atoms with Crippen molar-refractivity contribution in [3.05, 3.63) is 24.0 Å². The highest BCUT2D eigenvalue weighted by Crippen LogP contribution is 2.22. The second-order valence-electron chi connectivity index (χ2n) is 4.13. The van der Waals surface area contributed by atoms with Crippen LogP contribution in [0.3, 0.4) is 0 Å². The minimum atomic E-state index is -0.910. The summed E-state index contributed by atoms with van der Waals surface area (Å²) in [6.07, 6.45) is 3.64. The van der Waals surface area contributed by atoms with Gasteiger partial charge in [-0.25, -0.2) is 0 Å². The smallest absolute Gasteiger partial charge is 0.186 e. The van der Waals surface area contributed by atoms with Crippen molar-refractivity contribution in [2.24, 2.45) is 5.73 Å². The summed E-state index contributed by atoms with van der Waals surface area (Å²) in [5, 5.41) is 0. The molecule has 2 rings (SSSR count). The van der Waals surface area contributed by atoms with Crippen LogP contribution in [0.1, 0.15) is 23.7 Å². The fraction of sp³-hybridized carbons (Fsp3) is 0.500. The first-order valence-corrected chi connectivity index (χ1v) is 5.65. The summed E-state index contributed by atoms with van der Waals surface area (Å²) in [6.45, 7) is 3.21. The summed E-state index contributed by atoms with van der Waals surface area (Å²) < 4.78 is 10.5. The van der Waals surface area contributed by atoms with Crippen LogP contribution in [0.25, 0.3) is 0 Å². The van der Waals surface area contributed by atoms with Crippen LogP contribution in [0.2, 0.25) is 0 Å². The van der Waals surface area contributed by atoms with Gasteiger partial charge in [-0.05, 0) is 19.4 Å². The highest BCUT2D eigenvalue weighted by atomic mass is 16.5. The van der Waals surface area contributed by atoms with Gasteiger partial charge in [0.05, 0.1) is 19.4 Å². The third-order valence-corrected chi connectivity index (χ3v) is 2.79. The zero-order valence-electron chi connectivity index (χ0n) is 9.81. The van der Waals surface area contributed by atoms with E-state index >= 15 is 0 Å². The average Bonchev–Trinajstić information content (AvgIpc) is 2.77. The van der Waals surface area contributed by atoms with Gasteiger partial charge in [-0.2, -0.15) is 0 Å². The van der Waals surface area contributed by atoms with E-state index in [0.29, 0.717) is 30.9 Å². The molecular weight excluding hydrogens is 220 g/mol. The molecule has 0 amide bonds. The molecule has 0 bridgehead atoms. The van der Waals surface area contributed by atoms with Crippen molar-refractivity contribution in [2.75, 3.05) is 19.8 Å². The van der Waals surface area contributed by atoms with Gasteiger partial charge < -0.3 is 15.2 Å². The molecule has 2 N–H and O–H groups in total. The van der Waals surface area contributed by atoms with Crippen molar-refractivity contribution < 1.29 is 14.3 Å². The van der Waals surface area contributed by atoms with Crippen LogP contribution in [-0.2, 0) is 4.74 Å². The molecule has 5 heteroatoms. The van der Waals surface area contributed by atoms with Gasteiger partial charge in [-0.1, -0.05) is 0 Å². The molecular formula is C12H16N2O3. The molecule has 92 valence electrons. The number of Topliss-reactive ketones (excluding diaryl/α,β-unsaturated/α-hetero) is 1. The fourth-order valence-electron chi connectivity index (χ4n) is 1.84. The van der Waals surface area contributed by atoms with E-state index in [1.807, 2.05) is 6.92 Å². The Hall–Kier alpha value is -1.46. The Balaban J connectivity index is 2.21. The number of pyridine rings is 1. The van der Waals surface area contributed by atoms with E-state index in [4.69, 9.17) is 15.2 Å². The van der Waals surface area contributed by atoms with E-state index in [9.17, 15) is 4.79 Å². The number of aromatic nitrogens is 1. The molecule has 0 aliphatic carbocycles. The summed E-state index contributed by atoms with van der Waals surface area (Å²) in [4.78, 5) is 16.2. The van der Waals surface area contributed by atoms with Gasteiger partial charge in [0, 0.05) is 18.4 Å². The summed E-state index contributed by atoms with van der Waals surface area (Å²) in [5.74, 6) is 0.449. The maximum atomic E-state index is 12.2. The van der Waals surface area contributed by atoms with Gasteiger partial charge in [0.2, 0.25) is 0 Å². The molecule has 1 saturated heterocycles. The quantitative estimate of drug-likeness (QED) is 0.782. The van der Waals surface area contributed by atoms with E-state index in [-0.39, 0.29) is 12.4 Å². The van der Waals surface area contributed by atoms with Crippen LogP contribution >= 0.6 is 0 Å². The standard InChI is InChI=1S/C12H16N2O3/c1-2-17-10-5-9(6-14-7-10)11(15)12(13)3-4-16-8-12/h5-7H,2-4,8,13H2,1H3. The van der Waals surface area contributed by atoms with Crippen molar-refractivity contribution in [1.29, 1.82) is 0 Å². The van der Waals surface area contributed by atoms with E-state index in [1.54, 1.807) is 12.3 Å². The topological polar surface area (TPSA) is 74.4 Å². The number of nitrogens with two attached hydrogens (primary N) is 1. The molecule has 17 heavy (non-hydrogen) atoms. The van der Waals surface area contributed by atoms with Gasteiger partial charge in [0.1, 0.15) is 11.3 Å². The van der Waals surface area contributed by atoms with Gasteiger partial charge in [0.15, 0.2) is 5.78 Å². The van der Waals surface area contributed by atoms with Crippen molar-refractivity contribution in [2.45, 2.75) is 18.9 Å². The first-order valence-electron chi connectivity index (χ1n) is 5.65. The van der Waals surface area contributed by atoms with Crippen molar-refractivity contribution in [3.63, 3.8) is 0 Å². The van der Waals surface area contributed by atoms with Gasteiger partial charge in [0.25, 0.3) is 0 Å². The Morgan fingerprint density at radius 2 is 2.47 bits per heavy atom. The number of ether oxygens (including phenoxy) is 2. The largest absolute Gasteiger partial charge is 0.492 e. The van der Waals surface area contributed by atoms with Crippen molar-refractivity contribution in [1.82, 2.24) is 4.98 Å². The maximum Gasteiger partial charge on any atom is 0.186 e. The van der Waals surface area contributed by atoms with Crippen LogP contribution in [0.5, 0.6) is 5.75 Å². The minimum absolute atomic E-state index is 0.135. The Labute approximate surface area is 99.9 Å². The van der Waals surface area contributed by atoms with E-state index in [2.05, 4.69) is 4.98 Å². The molecule has 1 fully saturated rings. The highest BCUT2D eigenvalue weighted by Gasteiger charge is 2.38. The predicted molar refractivity (Wildman–Crippen MR) is 62.1 cm³/mol. The summed E-state index contributed by atoms with van der Waals surface area (Å²) in [5.41, 5.74) is 5.58. The molecule has 0 spiro atoms. The molecule has 0 saturated carbocycles. The van der Waals surface area contributed by atoms with Crippen LogP contribution in [0.15, 0.2) is 18.5 Å². The van der Waals surface area contributed by atoms with Gasteiger partial charge >= 0.3 is 0 Å². The minimum Gasteiger partial charge on any atom is -0.492 e. The van der Waals surface area contributed by atoms with E-state index < -0.39 is 5.54 Å². The van der Waals surface area contributed by atoms with E-state index in [1.165, 1.54) is 6.20 Å². The fourth-order valence-corrected chi connectivity index (χ4v) is 1.84. The normalized spacial score (nSPS) is 23.6. The van der Waals surface area contributed by atoms with Crippen molar-refractivity contribution in [3.8, 4) is 5.75 Å². The summed E-state index contributed by atoms with van der Waals surface area (Å²) in [7, 11) is 0. The number of carbonyl (C=O) groups is 1. The lowest BCUT2D eigenvalue weighted by atomic mass is 9.90. The zero-order valence-corrected chi connectivity index (χ0v) is 9.81. The molecule has 1 aromatic heterocycles. The number of carbonyl (C=O) groups excluding carboxylic acids is 1. The summed E-state index contributed by atoms with van der Waals surface area (Å²) >= 11 is 0. The Bertz CT molecular complexity index is 414. The second-order valence-corrected chi connectivity index (χ2v) is 4.13. The zero-order chi connectivity index (χ0) is 12.3. The number of hydrogen-bond donors (Lipinski definition) is 1. The molecule has 0 aromatic carbocycles. The third kappa shape index (κ3) is 2.45. The molecule has 1 unspecified atom stereocenters. The second kappa shape index (κ2) is 4.81. The number of hydrogen-bond acceptors (Lipinski definition) is 5. The Kier molecular flexibility index (Phi) is 3.40. The van der Waals surface area contributed by atoms with Crippen LogP contribution in [0.4, 0.5) is 0 Å². The van der Waals surface area contributed by atoms with Gasteiger partial charge in [-0.3, -0.25) is 9.78 Å². The third-order valence-electron chi connectivity index (χ3n) is 2.79. The van der Waals surface area contributed by atoms with Crippen LogP contribution in [0, 0.1) is 0 Å². The lowest BCUT2D eigenvalue weighted by molar-refractivity contribution is 0.0862. The lowest BCUT2D eigenvalue weighted by Crippen LogP contribution is -2.48. The molecule has 1 aliphatic heterocycles. The Morgan fingerprint density at radius 3 is 3.12 bits per heavy atom. The Morgan fingerprint density at radius 1 is 1.65 bits per heavy atom. The lowest BCUT2D eigenvalue weighted by Gasteiger charge is -2.19. The van der Waals surface area contributed by atoms with Crippen molar-refractivity contribution >= 4 is 5.78 Å². The molecule has 1 aromatic rings. The average molecular weight is 236 g/mol.